The van der Waals surface area contributed by atoms with E-state index in [4.69, 9.17) is 4.74 Å². The van der Waals surface area contributed by atoms with Gasteiger partial charge in [0.2, 0.25) is 0 Å². The first-order valence-corrected chi connectivity index (χ1v) is 12.2. The van der Waals surface area contributed by atoms with Gasteiger partial charge in [0.15, 0.2) is 5.17 Å². The summed E-state index contributed by atoms with van der Waals surface area (Å²) in [5.41, 5.74) is 2.49. The molecule has 4 aromatic carbocycles. The van der Waals surface area contributed by atoms with Gasteiger partial charge in [-0.2, -0.15) is 0 Å². The number of fused-ring (bicyclic) bond motifs is 1. The lowest BCUT2D eigenvalue weighted by molar-refractivity contribution is -0.122. The highest BCUT2D eigenvalue weighted by molar-refractivity contribution is 8.18. The van der Waals surface area contributed by atoms with Gasteiger partial charge in [-0.15, -0.1) is 0 Å². The Morgan fingerprint density at radius 1 is 0.943 bits per heavy atom. The molecule has 6 heteroatoms. The highest BCUT2D eigenvalue weighted by Gasteiger charge is 2.32. The number of thioether (sulfide) groups is 1. The van der Waals surface area contributed by atoms with Gasteiger partial charge in [0.1, 0.15) is 18.2 Å². The Labute approximate surface area is 207 Å². The Hall–Kier alpha value is -3.90. The summed E-state index contributed by atoms with van der Waals surface area (Å²) < 4.78 is 19.4. The minimum atomic E-state index is -0.322. The summed E-state index contributed by atoms with van der Waals surface area (Å²) in [6.45, 7) is 2.82. The van der Waals surface area contributed by atoms with Crippen molar-refractivity contribution in [3.8, 4) is 5.75 Å². The van der Waals surface area contributed by atoms with Crippen molar-refractivity contribution in [3.63, 3.8) is 0 Å². The largest absolute Gasteiger partial charge is 0.488 e. The van der Waals surface area contributed by atoms with Crippen molar-refractivity contribution in [2.24, 2.45) is 4.99 Å². The van der Waals surface area contributed by atoms with Crippen LogP contribution in [-0.2, 0) is 11.4 Å². The SMILES string of the molecule is CCN1C(=O)/C(=C\c2ccccc2OCc2ccc3ccccc3c2)SC1=Nc1ccc(F)cc1. The third kappa shape index (κ3) is 5.12. The molecule has 1 aliphatic heterocycles. The number of hydrogen-bond donors (Lipinski definition) is 0. The van der Waals surface area contributed by atoms with Crippen LogP contribution in [0.2, 0.25) is 0 Å². The number of amidine groups is 1. The number of carbonyl (C=O) groups is 1. The normalized spacial score (nSPS) is 15.9. The highest BCUT2D eigenvalue weighted by Crippen LogP contribution is 2.35. The molecule has 1 saturated heterocycles. The molecule has 0 spiro atoms. The van der Waals surface area contributed by atoms with Crippen molar-refractivity contribution in [2.75, 3.05) is 6.54 Å². The molecule has 0 N–H and O–H groups in total. The molecular formula is C29H23FN2O2S. The fourth-order valence-electron chi connectivity index (χ4n) is 3.86. The second kappa shape index (κ2) is 10.2. The molecule has 4 aromatic rings. The van der Waals surface area contributed by atoms with E-state index in [-0.39, 0.29) is 11.7 Å². The van der Waals surface area contributed by atoms with Crippen LogP contribution in [0.25, 0.3) is 16.8 Å². The third-order valence-corrected chi connectivity index (χ3v) is 6.68. The van der Waals surface area contributed by atoms with E-state index in [0.29, 0.717) is 34.7 Å². The summed E-state index contributed by atoms with van der Waals surface area (Å²) >= 11 is 1.31. The number of halogens is 1. The van der Waals surface area contributed by atoms with Crippen molar-refractivity contribution in [2.45, 2.75) is 13.5 Å². The predicted molar refractivity (Wildman–Crippen MR) is 141 cm³/mol. The number of para-hydroxylation sites is 1. The van der Waals surface area contributed by atoms with Gasteiger partial charge in [-0.1, -0.05) is 54.6 Å². The van der Waals surface area contributed by atoms with Gasteiger partial charge < -0.3 is 4.74 Å². The van der Waals surface area contributed by atoms with Crippen LogP contribution in [0.1, 0.15) is 18.1 Å². The van der Waals surface area contributed by atoms with Crippen molar-refractivity contribution < 1.29 is 13.9 Å². The molecule has 0 aromatic heterocycles. The van der Waals surface area contributed by atoms with Gasteiger partial charge in [0, 0.05) is 12.1 Å². The number of benzene rings is 4. The summed E-state index contributed by atoms with van der Waals surface area (Å²) in [5.74, 6) is 0.272. The van der Waals surface area contributed by atoms with E-state index >= 15 is 0 Å². The Kier molecular flexibility index (Phi) is 6.64. The Balaban J connectivity index is 1.38. The van der Waals surface area contributed by atoms with Crippen LogP contribution in [-0.4, -0.2) is 22.5 Å². The zero-order valence-corrected chi connectivity index (χ0v) is 20.0. The van der Waals surface area contributed by atoms with Crippen LogP contribution in [0.4, 0.5) is 10.1 Å². The average Bonchev–Trinajstić information content (AvgIpc) is 3.18. The molecule has 0 radical (unpaired) electrons. The van der Waals surface area contributed by atoms with Crippen LogP contribution in [0, 0.1) is 5.82 Å². The maximum atomic E-state index is 13.2. The maximum absolute atomic E-state index is 13.2. The molecule has 1 fully saturated rings. The van der Waals surface area contributed by atoms with Crippen LogP contribution < -0.4 is 4.74 Å². The zero-order valence-electron chi connectivity index (χ0n) is 19.1. The van der Waals surface area contributed by atoms with E-state index in [0.717, 1.165) is 11.1 Å². The van der Waals surface area contributed by atoms with E-state index in [2.05, 4.69) is 35.3 Å². The second-order valence-corrected chi connectivity index (χ2v) is 9.05. The number of aliphatic imine (C=N–C) groups is 1. The lowest BCUT2D eigenvalue weighted by Crippen LogP contribution is -2.28. The maximum Gasteiger partial charge on any atom is 0.266 e. The Morgan fingerprint density at radius 2 is 1.69 bits per heavy atom. The smallest absolute Gasteiger partial charge is 0.266 e. The fraction of sp³-hybridized carbons (Fsp3) is 0.103. The summed E-state index contributed by atoms with van der Waals surface area (Å²) in [4.78, 5) is 19.8. The van der Waals surface area contributed by atoms with E-state index in [1.165, 1.54) is 34.7 Å². The van der Waals surface area contributed by atoms with Crippen LogP contribution in [0.15, 0.2) is 101 Å². The Bertz CT molecular complexity index is 1450. The standard InChI is InChI=1S/C29H23FN2O2S/c1-2-32-28(33)27(35-29(32)31-25-15-13-24(30)14-16-25)18-23-9-5-6-10-26(23)34-19-20-11-12-21-7-3-4-8-22(21)17-20/h3-18H,2,19H2,1H3/b27-18+,31-29?. The summed E-state index contributed by atoms with van der Waals surface area (Å²) in [6.07, 6.45) is 1.85. The average molecular weight is 483 g/mol. The molecule has 35 heavy (non-hydrogen) atoms. The minimum Gasteiger partial charge on any atom is -0.488 e. The molecule has 0 unspecified atom stereocenters. The minimum absolute atomic E-state index is 0.109. The van der Waals surface area contributed by atoms with E-state index in [1.54, 1.807) is 17.0 Å². The van der Waals surface area contributed by atoms with Crippen molar-refractivity contribution in [1.82, 2.24) is 4.90 Å². The lowest BCUT2D eigenvalue weighted by Gasteiger charge is -2.12. The first kappa shape index (κ1) is 22.9. The van der Waals surface area contributed by atoms with Crippen molar-refractivity contribution >= 4 is 45.4 Å². The quantitative estimate of drug-likeness (QED) is 0.273. The van der Waals surface area contributed by atoms with Gasteiger partial charge in [-0.25, -0.2) is 9.38 Å². The summed E-state index contributed by atoms with van der Waals surface area (Å²) in [7, 11) is 0. The van der Waals surface area contributed by atoms with Crippen molar-refractivity contribution in [1.29, 1.82) is 0 Å². The number of ether oxygens (including phenoxy) is 1. The van der Waals surface area contributed by atoms with E-state index in [9.17, 15) is 9.18 Å². The second-order valence-electron chi connectivity index (χ2n) is 8.04. The molecule has 1 heterocycles. The molecule has 4 nitrogen and oxygen atoms in total. The number of nitrogens with zero attached hydrogens (tertiary/aromatic N) is 2. The molecular weight excluding hydrogens is 459 g/mol. The van der Waals surface area contributed by atoms with Gasteiger partial charge >= 0.3 is 0 Å². The highest BCUT2D eigenvalue weighted by atomic mass is 32.2. The van der Waals surface area contributed by atoms with Gasteiger partial charge in [-0.3, -0.25) is 9.69 Å². The molecule has 0 saturated carbocycles. The summed E-state index contributed by atoms with van der Waals surface area (Å²) in [5, 5.41) is 2.94. The zero-order chi connectivity index (χ0) is 24.2. The van der Waals surface area contributed by atoms with Gasteiger partial charge in [0.25, 0.3) is 5.91 Å². The molecule has 5 rings (SSSR count). The Morgan fingerprint density at radius 3 is 2.49 bits per heavy atom. The fourth-order valence-corrected chi connectivity index (χ4v) is 4.91. The number of rotatable bonds is 6. The van der Waals surface area contributed by atoms with Crippen LogP contribution >= 0.6 is 11.8 Å². The number of likely N-dealkylation sites (N-methyl/N-ethyl adjacent to an activating group) is 1. The number of amides is 1. The molecule has 1 amide bonds. The molecule has 174 valence electrons. The number of carbonyl (C=O) groups excluding carboxylic acids is 1. The predicted octanol–water partition coefficient (Wildman–Crippen LogP) is 7.18. The molecule has 0 aliphatic carbocycles. The van der Waals surface area contributed by atoms with Crippen LogP contribution in [0.3, 0.4) is 0 Å². The van der Waals surface area contributed by atoms with Gasteiger partial charge in [-0.05, 0) is 77.5 Å². The first-order valence-electron chi connectivity index (χ1n) is 11.4. The lowest BCUT2D eigenvalue weighted by atomic mass is 10.1. The summed E-state index contributed by atoms with van der Waals surface area (Å²) in [6, 6.07) is 28.1. The molecule has 0 bridgehead atoms. The number of hydrogen-bond acceptors (Lipinski definition) is 4. The van der Waals surface area contributed by atoms with E-state index < -0.39 is 0 Å². The molecule has 1 aliphatic rings. The monoisotopic (exact) mass is 482 g/mol. The molecule has 0 atom stereocenters. The van der Waals surface area contributed by atoms with Gasteiger partial charge in [0.05, 0.1) is 10.6 Å². The van der Waals surface area contributed by atoms with E-state index in [1.807, 2.05) is 49.4 Å². The third-order valence-electron chi connectivity index (χ3n) is 5.67. The van der Waals surface area contributed by atoms with Crippen molar-refractivity contribution in [3.05, 3.63) is 113 Å². The topological polar surface area (TPSA) is 41.9 Å². The van der Waals surface area contributed by atoms with Crippen LogP contribution in [0.5, 0.6) is 5.75 Å². The first-order chi connectivity index (χ1) is 17.1.